The summed E-state index contributed by atoms with van der Waals surface area (Å²) >= 11 is 0. The summed E-state index contributed by atoms with van der Waals surface area (Å²) in [6.45, 7) is 6.20. The van der Waals surface area contributed by atoms with E-state index < -0.39 is 0 Å². The fraction of sp³-hybridized carbons (Fsp3) is 1.00. The summed E-state index contributed by atoms with van der Waals surface area (Å²) in [4.78, 5) is 2.65. The van der Waals surface area contributed by atoms with Crippen LogP contribution in [0.1, 0.15) is 32.6 Å². The molecule has 0 amide bonds. The monoisotopic (exact) mass is 212 g/mol. The van der Waals surface area contributed by atoms with E-state index in [0.717, 1.165) is 25.8 Å². The molecular formula is C12H24N2O. The van der Waals surface area contributed by atoms with E-state index in [0.29, 0.717) is 12.0 Å². The molecule has 0 aromatic heterocycles. The Morgan fingerprint density at radius 3 is 2.93 bits per heavy atom. The molecule has 2 heterocycles. The lowest BCUT2D eigenvalue weighted by molar-refractivity contribution is 0.110. The van der Waals surface area contributed by atoms with Gasteiger partial charge >= 0.3 is 0 Å². The summed E-state index contributed by atoms with van der Waals surface area (Å²) < 4.78 is 5.49. The van der Waals surface area contributed by atoms with Gasteiger partial charge in [-0.2, -0.15) is 0 Å². The molecule has 3 unspecified atom stereocenters. The molecule has 2 N–H and O–H groups in total. The molecule has 2 fully saturated rings. The first-order chi connectivity index (χ1) is 7.36. The van der Waals surface area contributed by atoms with Gasteiger partial charge in [-0.3, -0.25) is 4.90 Å². The fourth-order valence-electron chi connectivity index (χ4n) is 3.19. The summed E-state index contributed by atoms with van der Waals surface area (Å²) in [5.74, 6) is 0.683. The maximum absolute atomic E-state index is 5.95. The number of hydrogen-bond donors (Lipinski definition) is 1. The van der Waals surface area contributed by atoms with Crippen LogP contribution in [0.25, 0.3) is 0 Å². The Labute approximate surface area is 93.0 Å². The van der Waals surface area contributed by atoms with Crippen LogP contribution in [0.3, 0.4) is 0 Å². The van der Waals surface area contributed by atoms with Crippen molar-refractivity contribution in [3.8, 4) is 0 Å². The van der Waals surface area contributed by atoms with E-state index in [4.69, 9.17) is 10.5 Å². The topological polar surface area (TPSA) is 38.5 Å². The zero-order valence-corrected chi connectivity index (χ0v) is 9.82. The second kappa shape index (κ2) is 5.28. The van der Waals surface area contributed by atoms with E-state index in [1.165, 1.54) is 32.2 Å². The molecule has 3 heteroatoms. The predicted octanol–water partition coefficient (Wildman–Crippen LogP) is 1.22. The van der Waals surface area contributed by atoms with Crippen molar-refractivity contribution < 1.29 is 4.74 Å². The first-order valence-electron chi connectivity index (χ1n) is 6.40. The Morgan fingerprint density at radius 1 is 1.47 bits per heavy atom. The highest BCUT2D eigenvalue weighted by Crippen LogP contribution is 2.28. The Kier molecular flexibility index (Phi) is 4.00. The van der Waals surface area contributed by atoms with Crippen LogP contribution in [0.2, 0.25) is 0 Å². The van der Waals surface area contributed by atoms with Gasteiger partial charge in [0.25, 0.3) is 0 Å². The first kappa shape index (κ1) is 11.4. The zero-order valence-electron chi connectivity index (χ0n) is 9.82. The van der Waals surface area contributed by atoms with E-state index in [1.807, 2.05) is 0 Å². The van der Waals surface area contributed by atoms with Crippen molar-refractivity contribution >= 4 is 0 Å². The van der Waals surface area contributed by atoms with E-state index in [-0.39, 0.29) is 0 Å². The summed E-state index contributed by atoms with van der Waals surface area (Å²) in [6.07, 6.45) is 5.18. The number of likely N-dealkylation sites (tertiary alicyclic amines) is 1. The average Bonchev–Trinajstić information content (AvgIpc) is 2.89. The molecule has 2 saturated heterocycles. The molecule has 3 nitrogen and oxygen atoms in total. The second-order valence-corrected chi connectivity index (χ2v) is 4.87. The van der Waals surface area contributed by atoms with Crippen LogP contribution in [-0.4, -0.2) is 43.3 Å². The molecule has 0 saturated carbocycles. The molecule has 0 aromatic rings. The lowest BCUT2D eigenvalue weighted by Crippen LogP contribution is -2.48. The van der Waals surface area contributed by atoms with E-state index in [2.05, 4.69) is 11.8 Å². The van der Waals surface area contributed by atoms with Crippen molar-refractivity contribution in [3.05, 3.63) is 0 Å². The van der Waals surface area contributed by atoms with Crippen LogP contribution in [-0.2, 0) is 4.74 Å². The van der Waals surface area contributed by atoms with Gasteiger partial charge in [-0.15, -0.1) is 0 Å². The normalized spacial score (nSPS) is 34.8. The largest absolute Gasteiger partial charge is 0.381 e. The Balaban J connectivity index is 1.98. The van der Waals surface area contributed by atoms with E-state index in [9.17, 15) is 0 Å². The molecule has 2 rings (SSSR count). The third-order valence-electron chi connectivity index (χ3n) is 4.07. The van der Waals surface area contributed by atoms with Gasteiger partial charge in [0, 0.05) is 31.2 Å². The molecule has 2 aliphatic rings. The molecule has 0 bridgehead atoms. The highest BCUT2D eigenvalue weighted by Gasteiger charge is 2.34. The first-order valence-corrected chi connectivity index (χ1v) is 6.40. The van der Waals surface area contributed by atoms with Crippen molar-refractivity contribution in [2.24, 2.45) is 11.7 Å². The average molecular weight is 212 g/mol. The molecule has 0 aromatic carbocycles. The van der Waals surface area contributed by atoms with E-state index in [1.54, 1.807) is 0 Å². The van der Waals surface area contributed by atoms with Crippen molar-refractivity contribution in [3.63, 3.8) is 0 Å². The molecule has 0 spiro atoms. The predicted molar refractivity (Wildman–Crippen MR) is 61.8 cm³/mol. The molecular weight excluding hydrogens is 188 g/mol. The van der Waals surface area contributed by atoms with Gasteiger partial charge < -0.3 is 10.5 Å². The Hall–Kier alpha value is -0.120. The molecule has 88 valence electrons. The van der Waals surface area contributed by atoms with Gasteiger partial charge in [0.2, 0.25) is 0 Å². The van der Waals surface area contributed by atoms with Crippen LogP contribution >= 0.6 is 0 Å². The van der Waals surface area contributed by atoms with Crippen LogP contribution in [0.4, 0.5) is 0 Å². The van der Waals surface area contributed by atoms with Crippen molar-refractivity contribution in [1.82, 2.24) is 4.90 Å². The smallest absolute Gasteiger partial charge is 0.0510 e. The molecule has 3 atom stereocenters. The minimum atomic E-state index is 0.569. The van der Waals surface area contributed by atoms with Crippen LogP contribution in [0.5, 0.6) is 0 Å². The maximum Gasteiger partial charge on any atom is 0.0510 e. The van der Waals surface area contributed by atoms with Gasteiger partial charge in [0.05, 0.1) is 6.61 Å². The number of rotatable bonds is 4. The minimum Gasteiger partial charge on any atom is -0.381 e. The molecule has 0 aliphatic carbocycles. The van der Waals surface area contributed by atoms with E-state index >= 15 is 0 Å². The molecule has 0 radical (unpaired) electrons. The Morgan fingerprint density at radius 2 is 2.33 bits per heavy atom. The van der Waals surface area contributed by atoms with Gasteiger partial charge in [0.15, 0.2) is 0 Å². The lowest BCUT2D eigenvalue weighted by Gasteiger charge is -2.35. The van der Waals surface area contributed by atoms with Crippen LogP contribution in [0.15, 0.2) is 0 Å². The van der Waals surface area contributed by atoms with Crippen molar-refractivity contribution in [2.75, 3.05) is 26.3 Å². The minimum absolute atomic E-state index is 0.569. The third kappa shape index (κ3) is 2.35. The summed E-state index contributed by atoms with van der Waals surface area (Å²) in [5.41, 5.74) is 5.95. The second-order valence-electron chi connectivity index (χ2n) is 4.87. The highest BCUT2D eigenvalue weighted by molar-refractivity contribution is 4.89. The standard InChI is InChI=1S/C12H24N2O/c1-2-11-4-3-6-14(11)12(8-13)10-5-7-15-9-10/h10-12H,2-9,13H2,1H3. The molecule has 2 aliphatic heterocycles. The number of ether oxygens (including phenoxy) is 1. The van der Waals surface area contributed by atoms with Crippen LogP contribution < -0.4 is 5.73 Å². The quantitative estimate of drug-likeness (QED) is 0.761. The third-order valence-corrected chi connectivity index (χ3v) is 4.07. The number of hydrogen-bond acceptors (Lipinski definition) is 3. The molecule has 15 heavy (non-hydrogen) atoms. The van der Waals surface area contributed by atoms with Gasteiger partial charge in [-0.1, -0.05) is 6.92 Å². The van der Waals surface area contributed by atoms with Crippen LogP contribution in [0, 0.1) is 5.92 Å². The summed E-state index contributed by atoms with van der Waals surface area (Å²) in [6, 6.07) is 1.35. The van der Waals surface area contributed by atoms with Gasteiger partial charge in [0.1, 0.15) is 0 Å². The summed E-state index contributed by atoms with van der Waals surface area (Å²) in [5, 5.41) is 0. The SMILES string of the molecule is CCC1CCCN1C(CN)C1CCOC1. The summed E-state index contributed by atoms with van der Waals surface area (Å²) in [7, 11) is 0. The highest BCUT2D eigenvalue weighted by atomic mass is 16.5. The lowest BCUT2D eigenvalue weighted by atomic mass is 9.96. The van der Waals surface area contributed by atoms with Crippen molar-refractivity contribution in [1.29, 1.82) is 0 Å². The zero-order chi connectivity index (χ0) is 10.7. The Bertz CT molecular complexity index is 192. The number of nitrogens with two attached hydrogens (primary N) is 1. The van der Waals surface area contributed by atoms with Gasteiger partial charge in [-0.25, -0.2) is 0 Å². The number of nitrogens with zero attached hydrogens (tertiary/aromatic N) is 1. The fourth-order valence-corrected chi connectivity index (χ4v) is 3.19. The van der Waals surface area contributed by atoms with Gasteiger partial charge in [-0.05, 0) is 32.2 Å². The van der Waals surface area contributed by atoms with Crippen molar-refractivity contribution in [2.45, 2.75) is 44.7 Å². The maximum atomic E-state index is 5.95.